The molecule has 0 saturated heterocycles. The number of fused-ring (bicyclic) bond motifs is 2. The number of anilines is 2. The first-order valence-corrected chi connectivity index (χ1v) is 12.5. The number of amides is 2. The summed E-state index contributed by atoms with van der Waals surface area (Å²) in [5.74, 6) is 1.02. The summed E-state index contributed by atoms with van der Waals surface area (Å²) in [6.07, 6.45) is 5.23. The first-order chi connectivity index (χ1) is 16.6. The second-order valence-corrected chi connectivity index (χ2v) is 9.68. The van der Waals surface area contributed by atoms with Crippen LogP contribution in [0.15, 0.2) is 47.5 Å². The fourth-order valence-corrected chi connectivity index (χ4v) is 5.31. The summed E-state index contributed by atoms with van der Waals surface area (Å²) in [6.45, 7) is 0.742. The highest BCUT2D eigenvalue weighted by Crippen LogP contribution is 2.32. The van der Waals surface area contributed by atoms with Gasteiger partial charge in [0.2, 0.25) is 17.7 Å². The van der Waals surface area contributed by atoms with Crippen LogP contribution in [0.4, 0.5) is 11.4 Å². The zero-order valence-corrected chi connectivity index (χ0v) is 19.8. The van der Waals surface area contributed by atoms with Crippen molar-refractivity contribution in [2.45, 2.75) is 43.2 Å². The third kappa shape index (κ3) is 5.00. The van der Waals surface area contributed by atoms with Gasteiger partial charge in [-0.05, 0) is 55.5 Å². The molecule has 176 valence electrons. The van der Waals surface area contributed by atoms with Gasteiger partial charge in [0.15, 0.2) is 0 Å². The summed E-state index contributed by atoms with van der Waals surface area (Å²) in [5, 5.41) is 9.62. The SMILES string of the molecule is COc1ccc2nccc(NC(=O)[C@H]3CC[C@H](NCc4ccc5c(c4)NC(=O)CS5)CC3)c2n1. The van der Waals surface area contributed by atoms with Gasteiger partial charge in [0.25, 0.3) is 0 Å². The van der Waals surface area contributed by atoms with E-state index in [9.17, 15) is 9.59 Å². The molecule has 1 aliphatic carbocycles. The van der Waals surface area contributed by atoms with Crippen LogP contribution < -0.4 is 20.7 Å². The van der Waals surface area contributed by atoms with Crippen LogP contribution in [0.1, 0.15) is 31.2 Å². The van der Waals surface area contributed by atoms with Crippen molar-refractivity contribution in [1.82, 2.24) is 15.3 Å². The van der Waals surface area contributed by atoms with Crippen LogP contribution >= 0.6 is 11.8 Å². The average Bonchev–Trinajstić information content (AvgIpc) is 2.87. The number of pyridine rings is 2. The molecule has 8 nitrogen and oxygen atoms in total. The van der Waals surface area contributed by atoms with E-state index in [1.54, 1.807) is 37.2 Å². The normalized spacial score (nSPS) is 19.9. The Morgan fingerprint density at radius 2 is 2.03 bits per heavy atom. The summed E-state index contributed by atoms with van der Waals surface area (Å²) in [4.78, 5) is 34.5. The number of carbonyl (C=O) groups excluding carboxylic acids is 2. The lowest BCUT2D eigenvalue weighted by molar-refractivity contribution is -0.121. The van der Waals surface area contributed by atoms with Gasteiger partial charge in [0, 0.05) is 35.7 Å². The molecule has 3 heterocycles. The number of thioether (sulfide) groups is 1. The number of carbonyl (C=O) groups is 2. The van der Waals surface area contributed by atoms with Crippen molar-refractivity contribution in [3.05, 3.63) is 48.2 Å². The summed E-state index contributed by atoms with van der Waals surface area (Å²) < 4.78 is 5.22. The van der Waals surface area contributed by atoms with Gasteiger partial charge in [-0.25, -0.2) is 4.98 Å². The number of rotatable bonds is 6. The lowest BCUT2D eigenvalue weighted by atomic mass is 9.85. The Labute approximate surface area is 202 Å². The number of nitrogens with zero attached hydrogens (tertiary/aromatic N) is 2. The highest BCUT2D eigenvalue weighted by Gasteiger charge is 2.27. The van der Waals surface area contributed by atoms with Gasteiger partial charge in [-0.3, -0.25) is 14.6 Å². The van der Waals surface area contributed by atoms with Crippen molar-refractivity contribution in [3.63, 3.8) is 0 Å². The van der Waals surface area contributed by atoms with Gasteiger partial charge in [0.1, 0.15) is 5.52 Å². The van der Waals surface area contributed by atoms with Gasteiger partial charge < -0.3 is 20.7 Å². The third-order valence-corrected chi connectivity index (χ3v) is 7.47. The van der Waals surface area contributed by atoms with E-state index in [0.717, 1.165) is 48.4 Å². The van der Waals surface area contributed by atoms with Gasteiger partial charge >= 0.3 is 0 Å². The van der Waals surface area contributed by atoms with Crippen molar-refractivity contribution in [1.29, 1.82) is 0 Å². The highest BCUT2D eigenvalue weighted by molar-refractivity contribution is 8.00. The lowest BCUT2D eigenvalue weighted by Gasteiger charge is -2.28. The smallest absolute Gasteiger partial charge is 0.234 e. The molecule has 3 aromatic rings. The lowest BCUT2D eigenvalue weighted by Crippen LogP contribution is -2.36. The van der Waals surface area contributed by atoms with Crippen molar-refractivity contribution in [3.8, 4) is 5.88 Å². The molecule has 1 fully saturated rings. The Bertz CT molecular complexity index is 1230. The van der Waals surface area contributed by atoms with E-state index in [2.05, 4.69) is 38.1 Å². The van der Waals surface area contributed by atoms with Gasteiger partial charge in [-0.1, -0.05) is 6.07 Å². The average molecular weight is 478 g/mol. The van der Waals surface area contributed by atoms with E-state index in [1.165, 1.54) is 0 Å². The molecule has 9 heteroatoms. The number of hydrogen-bond acceptors (Lipinski definition) is 7. The number of aromatic nitrogens is 2. The molecule has 1 aromatic carbocycles. The Hall–Kier alpha value is -3.17. The van der Waals surface area contributed by atoms with E-state index in [-0.39, 0.29) is 17.7 Å². The molecule has 1 aliphatic heterocycles. The topological polar surface area (TPSA) is 105 Å². The zero-order chi connectivity index (χ0) is 23.5. The highest BCUT2D eigenvalue weighted by atomic mass is 32.2. The van der Waals surface area contributed by atoms with Crippen LogP contribution in [0.5, 0.6) is 5.88 Å². The monoisotopic (exact) mass is 477 g/mol. The van der Waals surface area contributed by atoms with Crippen LogP contribution in [-0.2, 0) is 16.1 Å². The first-order valence-electron chi connectivity index (χ1n) is 11.5. The van der Waals surface area contributed by atoms with Crippen LogP contribution in [-0.4, -0.2) is 40.7 Å². The third-order valence-electron chi connectivity index (χ3n) is 6.40. The minimum atomic E-state index is -0.0251. The minimum absolute atomic E-state index is 0.0251. The number of ether oxygens (including phenoxy) is 1. The number of methoxy groups -OCH3 is 1. The molecule has 1 saturated carbocycles. The van der Waals surface area contributed by atoms with Gasteiger partial charge in [0.05, 0.1) is 29.8 Å². The maximum Gasteiger partial charge on any atom is 0.234 e. The molecule has 0 atom stereocenters. The quantitative estimate of drug-likeness (QED) is 0.493. The first kappa shape index (κ1) is 22.6. The number of benzene rings is 1. The van der Waals surface area contributed by atoms with E-state index < -0.39 is 0 Å². The standard InChI is InChI=1S/C25H27N5O3S/c1-33-23-9-7-18-24(30-23)19(10-11-26-18)29-25(32)16-3-5-17(6-4-16)27-13-15-2-8-21-20(12-15)28-22(31)14-34-21/h2,7-12,16-17,27H,3-6,13-14H2,1H3,(H,28,31)(H,26,29,32)/t16-,17-. The maximum absolute atomic E-state index is 13.0. The molecule has 0 spiro atoms. The van der Waals surface area contributed by atoms with Gasteiger partial charge in [-0.2, -0.15) is 0 Å². The van der Waals surface area contributed by atoms with Crippen LogP contribution in [0.25, 0.3) is 11.0 Å². The zero-order valence-electron chi connectivity index (χ0n) is 19.0. The Kier molecular flexibility index (Phi) is 6.64. The number of hydrogen-bond donors (Lipinski definition) is 3. The maximum atomic E-state index is 13.0. The molecule has 0 unspecified atom stereocenters. The molecule has 2 aliphatic rings. The molecule has 5 rings (SSSR count). The van der Waals surface area contributed by atoms with Crippen LogP contribution in [0.2, 0.25) is 0 Å². The Morgan fingerprint density at radius 3 is 2.85 bits per heavy atom. The predicted octanol–water partition coefficient (Wildman–Crippen LogP) is 3.97. The number of nitrogens with one attached hydrogen (secondary N) is 3. The summed E-state index contributed by atoms with van der Waals surface area (Å²) in [6, 6.07) is 12.0. The minimum Gasteiger partial charge on any atom is -0.481 e. The van der Waals surface area contributed by atoms with Crippen molar-refractivity contribution >= 4 is 46.0 Å². The van der Waals surface area contributed by atoms with Crippen LogP contribution in [0.3, 0.4) is 0 Å². The van der Waals surface area contributed by atoms with Crippen molar-refractivity contribution < 1.29 is 14.3 Å². The second kappa shape index (κ2) is 9.99. The van der Waals surface area contributed by atoms with E-state index in [4.69, 9.17) is 4.74 Å². The fraction of sp³-hybridized carbons (Fsp3) is 0.360. The van der Waals surface area contributed by atoms with Crippen LogP contribution in [0, 0.1) is 5.92 Å². The molecular formula is C25H27N5O3S. The summed E-state index contributed by atoms with van der Waals surface area (Å²) >= 11 is 1.57. The van der Waals surface area contributed by atoms with E-state index in [1.807, 2.05) is 12.1 Å². The Balaban J connectivity index is 1.14. The molecule has 3 N–H and O–H groups in total. The largest absolute Gasteiger partial charge is 0.481 e. The summed E-state index contributed by atoms with van der Waals surface area (Å²) in [5.41, 5.74) is 4.05. The van der Waals surface area contributed by atoms with E-state index >= 15 is 0 Å². The fourth-order valence-electron chi connectivity index (χ4n) is 4.52. The van der Waals surface area contributed by atoms with Gasteiger partial charge in [-0.15, -0.1) is 11.8 Å². The molecular weight excluding hydrogens is 450 g/mol. The predicted molar refractivity (Wildman–Crippen MR) is 133 cm³/mol. The molecule has 34 heavy (non-hydrogen) atoms. The van der Waals surface area contributed by atoms with Crippen molar-refractivity contribution in [2.24, 2.45) is 5.92 Å². The molecule has 2 amide bonds. The summed E-state index contributed by atoms with van der Waals surface area (Å²) in [7, 11) is 1.57. The Morgan fingerprint density at radius 1 is 1.18 bits per heavy atom. The molecule has 0 bridgehead atoms. The van der Waals surface area contributed by atoms with Crippen molar-refractivity contribution in [2.75, 3.05) is 23.5 Å². The second-order valence-electron chi connectivity index (χ2n) is 8.67. The van der Waals surface area contributed by atoms with E-state index in [0.29, 0.717) is 34.4 Å². The molecule has 2 aromatic heterocycles. The molecule has 0 radical (unpaired) electrons.